The number of allylic oxidation sites excluding steroid dienone is 1. The molecule has 0 unspecified atom stereocenters. The third-order valence-electron chi connectivity index (χ3n) is 8.04. The van der Waals surface area contributed by atoms with Crippen molar-refractivity contribution < 1.29 is 0 Å². The number of rotatable bonds is 1. The molecular weight excluding hydrogens is 204 g/mol. The molecule has 0 radical (unpaired) electrons. The fraction of sp³-hybridized carbons (Fsp3) is 0.882. The fourth-order valence-corrected chi connectivity index (χ4v) is 4.66. The van der Waals surface area contributed by atoms with Crippen molar-refractivity contribution in [2.45, 2.75) is 69.2 Å². The maximum atomic E-state index is 4.33. The normalized spacial score (nSPS) is 31.2. The van der Waals surface area contributed by atoms with Crippen LogP contribution in [0, 0.1) is 27.1 Å². The first-order chi connectivity index (χ1) is 7.19. The highest BCUT2D eigenvalue weighted by molar-refractivity contribution is 5.29. The Kier molecular flexibility index (Phi) is 2.78. The van der Waals surface area contributed by atoms with E-state index >= 15 is 0 Å². The van der Waals surface area contributed by atoms with Gasteiger partial charge in [-0.05, 0) is 34.0 Å². The minimum atomic E-state index is 0.160. The van der Waals surface area contributed by atoms with Crippen molar-refractivity contribution in [3.05, 3.63) is 12.2 Å². The summed E-state index contributed by atoms with van der Waals surface area (Å²) in [6, 6.07) is 0. The molecule has 0 aromatic heterocycles. The van der Waals surface area contributed by atoms with Crippen LogP contribution in [-0.2, 0) is 0 Å². The summed E-state index contributed by atoms with van der Waals surface area (Å²) in [4.78, 5) is 0. The third kappa shape index (κ3) is 1.15. The average Bonchev–Trinajstić information content (AvgIpc) is 2.17. The van der Waals surface area contributed by atoms with Gasteiger partial charge in [0, 0.05) is 0 Å². The SMILES string of the molecule is C=C(C)C1(C)C(C)(C)C(C)(C)C(C)(C)C1(C)C. The predicted molar refractivity (Wildman–Crippen MR) is 78.0 cm³/mol. The molecule has 0 saturated heterocycles. The van der Waals surface area contributed by atoms with Crippen LogP contribution in [0.2, 0.25) is 0 Å². The van der Waals surface area contributed by atoms with Crippen LogP contribution < -0.4 is 0 Å². The van der Waals surface area contributed by atoms with Crippen molar-refractivity contribution in [2.75, 3.05) is 0 Å². The molecule has 0 aliphatic heterocycles. The largest absolute Gasteiger partial charge is 0.0995 e. The third-order valence-corrected chi connectivity index (χ3v) is 8.04. The molecule has 0 heterocycles. The van der Waals surface area contributed by atoms with Gasteiger partial charge in [0.05, 0.1) is 0 Å². The van der Waals surface area contributed by atoms with E-state index in [0.717, 1.165) is 0 Å². The minimum Gasteiger partial charge on any atom is -0.0995 e. The second kappa shape index (κ2) is 3.19. The summed E-state index contributed by atoms with van der Waals surface area (Å²) in [7, 11) is 0. The van der Waals surface area contributed by atoms with E-state index < -0.39 is 0 Å². The molecule has 0 atom stereocenters. The van der Waals surface area contributed by atoms with Gasteiger partial charge in [0.25, 0.3) is 0 Å². The van der Waals surface area contributed by atoms with Gasteiger partial charge in [-0.25, -0.2) is 0 Å². The summed E-state index contributed by atoms with van der Waals surface area (Å²) in [6.45, 7) is 28.4. The zero-order valence-electron chi connectivity index (χ0n) is 13.7. The summed E-state index contributed by atoms with van der Waals surface area (Å²) < 4.78 is 0. The first-order valence-electron chi connectivity index (χ1n) is 6.85. The Morgan fingerprint density at radius 3 is 0.941 bits per heavy atom. The van der Waals surface area contributed by atoms with E-state index in [1.165, 1.54) is 5.57 Å². The fourth-order valence-electron chi connectivity index (χ4n) is 4.66. The lowest BCUT2D eigenvalue weighted by molar-refractivity contribution is 0.0135. The summed E-state index contributed by atoms with van der Waals surface area (Å²) in [5.74, 6) is 0. The molecule has 0 N–H and O–H groups in total. The Labute approximate surface area is 109 Å². The number of hydrogen-bond acceptors (Lipinski definition) is 0. The lowest BCUT2D eigenvalue weighted by atomic mass is 9.53. The maximum absolute atomic E-state index is 4.33. The summed E-state index contributed by atoms with van der Waals surface area (Å²) in [5.41, 5.74) is 2.50. The first-order valence-corrected chi connectivity index (χ1v) is 6.85. The van der Waals surface area contributed by atoms with Crippen LogP contribution in [0.1, 0.15) is 69.2 Å². The van der Waals surface area contributed by atoms with Gasteiger partial charge in [-0.1, -0.05) is 74.5 Å². The summed E-state index contributed by atoms with van der Waals surface area (Å²) in [5, 5.41) is 0. The van der Waals surface area contributed by atoms with E-state index in [1.807, 2.05) is 0 Å². The van der Waals surface area contributed by atoms with Gasteiger partial charge in [0.15, 0.2) is 0 Å². The van der Waals surface area contributed by atoms with Crippen molar-refractivity contribution in [3.63, 3.8) is 0 Å². The molecule has 0 nitrogen and oxygen atoms in total. The molecule has 0 heteroatoms. The average molecular weight is 236 g/mol. The standard InChI is InChI=1S/C17H32/c1-12(2)17(11)15(7,8)13(3,4)14(5,6)16(17,9)10/h1H2,2-11H3. The molecule has 1 aliphatic rings. The topological polar surface area (TPSA) is 0 Å². The van der Waals surface area contributed by atoms with Crippen LogP contribution >= 0.6 is 0 Å². The lowest BCUT2D eigenvalue weighted by Gasteiger charge is -2.50. The second-order valence-electron chi connectivity index (χ2n) is 8.41. The molecule has 100 valence electrons. The molecular formula is C17H32. The zero-order valence-corrected chi connectivity index (χ0v) is 13.7. The summed E-state index contributed by atoms with van der Waals surface area (Å²) in [6.07, 6.45) is 0. The zero-order chi connectivity index (χ0) is 14.1. The molecule has 0 aromatic carbocycles. The Hall–Kier alpha value is -0.260. The van der Waals surface area contributed by atoms with E-state index in [0.29, 0.717) is 0 Å². The minimum absolute atomic E-state index is 0.160. The lowest BCUT2D eigenvalue weighted by Crippen LogP contribution is -2.44. The first kappa shape index (κ1) is 14.8. The quantitative estimate of drug-likeness (QED) is 0.513. The van der Waals surface area contributed by atoms with Crippen molar-refractivity contribution in [2.24, 2.45) is 27.1 Å². The van der Waals surface area contributed by atoms with Gasteiger partial charge in [0.1, 0.15) is 0 Å². The molecule has 1 saturated carbocycles. The molecule has 0 amide bonds. The molecule has 0 spiro atoms. The van der Waals surface area contributed by atoms with Crippen LogP contribution in [0.15, 0.2) is 12.2 Å². The highest BCUT2D eigenvalue weighted by atomic mass is 14.8. The van der Waals surface area contributed by atoms with Crippen molar-refractivity contribution in [3.8, 4) is 0 Å². The van der Waals surface area contributed by atoms with Gasteiger partial charge in [-0.15, -0.1) is 0 Å². The molecule has 17 heavy (non-hydrogen) atoms. The highest BCUT2D eigenvalue weighted by Crippen LogP contribution is 2.79. The smallest absolute Gasteiger partial charge is 0.000903 e. The van der Waals surface area contributed by atoms with E-state index in [4.69, 9.17) is 0 Å². The Balaban J connectivity index is 3.71. The van der Waals surface area contributed by atoms with Crippen molar-refractivity contribution >= 4 is 0 Å². The van der Waals surface area contributed by atoms with E-state index in [2.05, 4.69) is 75.8 Å². The van der Waals surface area contributed by atoms with E-state index in [-0.39, 0.29) is 27.1 Å². The van der Waals surface area contributed by atoms with Crippen LogP contribution in [0.25, 0.3) is 0 Å². The Bertz CT molecular complexity index is 324. The maximum Gasteiger partial charge on any atom is -0.000903 e. The van der Waals surface area contributed by atoms with Gasteiger partial charge in [-0.3, -0.25) is 0 Å². The molecule has 1 rings (SSSR count). The second-order valence-corrected chi connectivity index (χ2v) is 8.41. The van der Waals surface area contributed by atoms with Crippen LogP contribution in [-0.4, -0.2) is 0 Å². The van der Waals surface area contributed by atoms with Gasteiger partial charge in [0.2, 0.25) is 0 Å². The van der Waals surface area contributed by atoms with Crippen molar-refractivity contribution in [1.29, 1.82) is 0 Å². The Morgan fingerprint density at radius 2 is 0.824 bits per heavy atom. The van der Waals surface area contributed by atoms with Crippen molar-refractivity contribution in [1.82, 2.24) is 0 Å². The Morgan fingerprint density at radius 1 is 0.588 bits per heavy atom. The molecule has 0 aromatic rings. The molecule has 1 fully saturated rings. The molecule has 1 aliphatic carbocycles. The van der Waals surface area contributed by atoms with Gasteiger partial charge in [-0.2, -0.15) is 0 Å². The number of hydrogen-bond donors (Lipinski definition) is 0. The van der Waals surface area contributed by atoms with Crippen LogP contribution in [0.5, 0.6) is 0 Å². The van der Waals surface area contributed by atoms with Gasteiger partial charge >= 0.3 is 0 Å². The van der Waals surface area contributed by atoms with E-state index in [9.17, 15) is 0 Å². The van der Waals surface area contributed by atoms with Crippen LogP contribution in [0.3, 0.4) is 0 Å². The molecule has 0 bridgehead atoms. The highest BCUT2D eigenvalue weighted by Gasteiger charge is 2.73. The predicted octanol–water partition coefficient (Wildman–Crippen LogP) is 5.69. The summed E-state index contributed by atoms with van der Waals surface area (Å²) >= 11 is 0. The monoisotopic (exact) mass is 236 g/mol. The van der Waals surface area contributed by atoms with Gasteiger partial charge < -0.3 is 0 Å². The van der Waals surface area contributed by atoms with E-state index in [1.54, 1.807) is 0 Å². The van der Waals surface area contributed by atoms with Crippen LogP contribution in [0.4, 0.5) is 0 Å².